The molecule has 4 atom stereocenters. The number of benzene rings is 3. The van der Waals surface area contributed by atoms with Crippen LogP contribution in [0, 0.1) is 0 Å². The summed E-state index contributed by atoms with van der Waals surface area (Å²) in [5.74, 6) is -13.1. The molecule has 3 aromatic carbocycles. The number of carbonyl (C=O) groups excluding carboxylic acids is 10. The Morgan fingerprint density at radius 3 is 0.858 bits per heavy atom. The minimum atomic E-state index is -1.30. The number of unbranched alkanes of at least 4 members (excludes halogenated alkanes) is 6. The quantitative estimate of drug-likeness (QED) is 0.0166. The van der Waals surface area contributed by atoms with E-state index in [4.69, 9.17) is 10.2 Å². The van der Waals surface area contributed by atoms with Gasteiger partial charge in [0.2, 0.25) is 23.6 Å². The molecule has 16 N–H and O–H groups in total. The SMILES string of the molecule is CC(=O)[C@@H](CCC(=O)O)NC(=O)N[C@H](CCCCN(Cc1ccc(Br)cc1)C(=O)CCCCCC(=O)c1ccc(CNC(=O)CN2CCN(CC(=O)O)CCN(CC(=O)O)CCN(CC(=O)O)CC2)cc1)C(=O)O.CC(=O)[C@@H](CCC(=O)O)NC(=O)N[C@H](CCCCN(Cc1ccc(Br)nc1)C(=O)CCCCCC(=O)c1ccc(CNC(=O)CN2CCN(CC(=O)O)CCN(CC(=O)O)CCN(CC(=O)O)CC2)cc1)C(=O)O. The Labute approximate surface area is 874 Å². The molecule has 2 aliphatic heterocycles. The highest BCUT2D eigenvalue weighted by molar-refractivity contribution is 9.10. The fourth-order valence-corrected chi connectivity index (χ4v) is 16.6. The van der Waals surface area contributed by atoms with E-state index in [2.05, 4.69) is 68.7 Å². The standard InChI is InChI=1S/C50H71BrN8O15.C49H70BrN9O15/c1-35(60)40(18-19-45(64)65)53-50(74)54-41(49(72)73)7-5-6-20-59(30-37-12-16-39(51)17-13-37)44(63)9-4-2-3-8-42(61)38-14-10-36(11-15-38)29-52-43(62)31-55-21-23-56(32-46(66)67)25-27-58(34-48(70)71)28-26-57(24-22-55)33-47(68)69;1-34(60)38(15-17-44(64)65)53-49(74)54-39(48(72)73)7-5-6-18-59(29-36-12-16-41(50)51-28-36)43(63)9-4-2-3-8-40(61)37-13-10-35(11-14-37)27-52-42(62)30-55-19-21-56(31-45(66)67)23-25-58(33-47(70)71)26-24-57(22-20-55)32-46(68)69/h10-17,40-41H,2-9,18-34H2,1H3,(H,52,62)(H,64,65)(H,66,67)(H,68,69)(H,70,71)(H,72,73)(H2,53,54,74);10-14,16,28,38-39H,2-9,15,17-27,29-33H2,1H3,(H,52,62)(H,64,65)(H,66,67)(H,68,69)(H,70,71)(H,72,73)(H2,53,54,74)/t40-,41-;38-,39-/m11/s1. The molecular weight excluding hydrogens is 2070 g/mol. The van der Waals surface area contributed by atoms with Gasteiger partial charge in [-0.15, -0.1) is 0 Å². The van der Waals surface area contributed by atoms with Crippen LogP contribution >= 0.6 is 31.9 Å². The maximum Gasteiger partial charge on any atom is 0.326 e. The molecule has 0 spiro atoms. The Morgan fingerprint density at radius 1 is 0.304 bits per heavy atom. The van der Waals surface area contributed by atoms with Crippen molar-refractivity contribution in [1.29, 1.82) is 0 Å². The second-order valence-corrected chi connectivity index (χ2v) is 38.2. The van der Waals surface area contributed by atoms with Gasteiger partial charge >= 0.3 is 71.8 Å². The van der Waals surface area contributed by atoms with E-state index in [1.54, 1.807) is 100.0 Å². The largest absolute Gasteiger partial charge is 0.481 e. The monoisotopic (exact) mass is 2210 g/mol. The molecule has 2 fully saturated rings. The molecular formula is C99H141Br2N17O30. The van der Waals surface area contributed by atoms with E-state index in [1.165, 1.54) is 13.8 Å². The number of urea groups is 2. The number of aromatic nitrogens is 1. The molecule has 2 aliphatic rings. The number of carboxylic acid groups (broad SMARTS) is 10. The second-order valence-electron chi connectivity index (χ2n) is 36.4. The van der Waals surface area contributed by atoms with Crippen molar-refractivity contribution in [3.8, 4) is 0 Å². The number of Topliss-reactive ketones (excluding diaryl/α,β-unsaturated/α-hetero) is 4. The van der Waals surface area contributed by atoms with Gasteiger partial charge in [0.15, 0.2) is 23.1 Å². The highest BCUT2D eigenvalue weighted by atomic mass is 79.9. The number of nitrogens with one attached hydrogen (secondary N) is 6. The lowest BCUT2D eigenvalue weighted by Gasteiger charge is -2.32. The Balaban J connectivity index is 0.000000520. The number of ketones is 4. The van der Waals surface area contributed by atoms with E-state index in [1.807, 2.05) is 40.1 Å². The van der Waals surface area contributed by atoms with Crippen molar-refractivity contribution < 1.29 is 147 Å². The van der Waals surface area contributed by atoms with Gasteiger partial charge in [0.05, 0.1) is 64.4 Å². The maximum atomic E-state index is 13.5. The molecule has 2 saturated heterocycles. The van der Waals surface area contributed by atoms with E-state index < -0.39 is 107 Å². The van der Waals surface area contributed by atoms with E-state index >= 15 is 0 Å². The second kappa shape index (κ2) is 69.5. The molecule has 8 amide bonds. The normalized spacial score (nSPS) is 15.1. The predicted octanol–water partition coefficient (Wildman–Crippen LogP) is 4.29. The molecule has 816 valence electrons. The molecule has 47 nitrogen and oxygen atoms in total. The summed E-state index contributed by atoms with van der Waals surface area (Å²) < 4.78 is 1.49. The van der Waals surface area contributed by atoms with Crippen molar-refractivity contribution in [3.63, 3.8) is 0 Å². The average Bonchev–Trinajstić information content (AvgIpc) is 0.881. The topological polar surface area (TPSA) is 661 Å². The lowest BCUT2D eigenvalue weighted by atomic mass is 10.0. The number of hydrogen-bond donors (Lipinski definition) is 16. The summed E-state index contributed by atoms with van der Waals surface area (Å²) in [6.07, 6.45) is 6.44. The Morgan fingerprint density at radius 2 is 0.581 bits per heavy atom. The molecule has 49 heteroatoms. The number of carbonyl (C=O) groups is 20. The van der Waals surface area contributed by atoms with Crippen LogP contribution in [0.3, 0.4) is 0 Å². The van der Waals surface area contributed by atoms with Crippen molar-refractivity contribution in [2.24, 2.45) is 0 Å². The average molecular weight is 2210 g/mol. The highest BCUT2D eigenvalue weighted by Crippen LogP contribution is 2.21. The molecule has 6 rings (SSSR count). The summed E-state index contributed by atoms with van der Waals surface area (Å²) in [6, 6.07) is 18.2. The molecule has 3 heterocycles. The van der Waals surface area contributed by atoms with Crippen LogP contribution in [0.25, 0.3) is 0 Å². The van der Waals surface area contributed by atoms with E-state index in [0.29, 0.717) is 119 Å². The highest BCUT2D eigenvalue weighted by Gasteiger charge is 2.31. The van der Waals surface area contributed by atoms with Crippen molar-refractivity contribution in [1.82, 2.24) is 85.9 Å². The van der Waals surface area contributed by atoms with Crippen molar-refractivity contribution in [3.05, 3.63) is 134 Å². The molecule has 1 aromatic heterocycles. The van der Waals surface area contributed by atoms with Gasteiger partial charge in [-0.2, -0.15) is 0 Å². The van der Waals surface area contributed by atoms with Gasteiger partial charge in [0, 0.05) is 204 Å². The van der Waals surface area contributed by atoms with Gasteiger partial charge in [0.25, 0.3) is 0 Å². The van der Waals surface area contributed by atoms with Crippen LogP contribution in [-0.2, 0) is 103 Å². The number of nitrogens with zero attached hydrogens (tertiary/aromatic N) is 11. The lowest BCUT2D eigenvalue weighted by Crippen LogP contribution is -2.50. The van der Waals surface area contributed by atoms with Crippen LogP contribution in [0.4, 0.5) is 9.59 Å². The Bertz CT molecular complexity index is 4640. The minimum absolute atomic E-state index is 0.0245. The summed E-state index contributed by atoms with van der Waals surface area (Å²) in [6.45, 7) is 6.54. The molecule has 0 saturated carbocycles. The first kappa shape index (κ1) is 126. The number of pyridine rings is 1. The van der Waals surface area contributed by atoms with Crippen LogP contribution in [0.1, 0.15) is 185 Å². The van der Waals surface area contributed by atoms with E-state index in [0.717, 1.165) is 26.7 Å². The third-order valence-corrected chi connectivity index (χ3v) is 25.5. The van der Waals surface area contributed by atoms with Crippen LogP contribution in [0.2, 0.25) is 0 Å². The number of halogens is 2. The van der Waals surface area contributed by atoms with Gasteiger partial charge in [0.1, 0.15) is 16.7 Å². The summed E-state index contributed by atoms with van der Waals surface area (Å²) in [7, 11) is 0. The molecule has 0 radical (unpaired) electrons. The molecule has 0 aliphatic carbocycles. The fourth-order valence-electron chi connectivity index (χ4n) is 16.1. The van der Waals surface area contributed by atoms with Crippen LogP contribution in [0.15, 0.2) is 100 Å². The molecule has 4 aromatic rings. The summed E-state index contributed by atoms with van der Waals surface area (Å²) in [5, 5.41) is 109. The summed E-state index contributed by atoms with van der Waals surface area (Å²) in [5.41, 5.74) is 4.15. The van der Waals surface area contributed by atoms with Crippen molar-refractivity contribution in [2.45, 2.75) is 193 Å². The van der Waals surface area contributed by atoms with Gasteiger partial charge in [-0.3, -0.25) is 116 Å². The minimum Gasteiger partial charge on any atom is -0.481 e. The zero-order valence-corrected chi connectivity index (χ0v) is 86.8. The smallest absolute Gasteiger partial charge is 0.326 e. The van der Waals surface area contributed by atoms with Crippen LogP contribution < -0.4 is 31.9 Å². The first-order valence-corrected chi connectivity index (χ1v) is 50.7. The van der Waals surface area contributed by atoms with Gasteiger partial charge in [-0.1, -0.05) is 95.5 Å². The summed E-state index contributed by atoms with van der Waals surface area (Å²) >= 11 is 6.73. The van der Waals surface area contributed by atoms with E-state index in [-0.39, 0.29) is 256 Å². The summed E-state index contributed by atoms with van der Waals surface area (Å²) in [4.78, 5) is 265. The predicted molar refractivity (Wildman–Crippen MR) is 542 cm³/mol. The molecule has 0 bridgehead atoms. The van der Waals surface area contributed by atoms with Gasteiger partial charge < -0.3 is 92.8 Å². The third kappa shape index (κ3) is 55.3. The Hall–Kier alpha value is -12.8. The molecule has 148 heavy (non-hydrogen) atoms. The van der Waals surface area contributed by atoms with Crippen LogP contribution in [-0.4, -0.2) is 418 Å². The fraction of sp³-hybridized carbons (Fsp3) is 0.566. The number of amides is 8. The third-order valence-electron chi connectivity index (χ3n) is 24.5. The molecule has 0 unspecified atom stereocenters. The first-order valence-electron chi connectivity index (χ1n) is 49.2. The lowest BCUT2D eigenvalue weighted by molar-refractivity contribution is -0.140. The zero-order valence-electron chi connectivity index (χ0n) is 83.6. The number of aliphatic carboxylic acids is 10. The first-order chi connectivity index (χ1) is 70.3. The van der Waals surface area contributed by atoms with E-state index in [9.17, 15) is 137 Å². The number of carboxylic acids is 10. The number of rotatable bonds is 62. The van der Waals surface area contributed by atoms with Gasteiger partial charge in [-0.05, 0) is 147 Å². The number of hydrogen-bond acceptors (Lipinski definition) is 29. The maximum absolute atomic E-state index is 13.5. The zero-order chi connectivity index (χ0) is 109. The van der Waals surface area contributed by atoms with Gasteiger partial charge in [-0.25, -0.2) is 24.2 Å². The van der Waals surface area contributed by atoms with Crippen molar-refractivity contribution >= 4 is 150 Å². The Kier molecular flexibility index (Phi) is 59.0. The van der Waals surface area contributed by atoms with Crippen LogP contribution in [0.5, 0.6) is 0 Å². The van der Waals surface area contributed by atoms with Crippen molar-refractivity contribution in [2.75, 3.05) is 170 Å².